The number of hydrogen-bond acceptors (Lipinski definition) is 7. The van der Waals surface area contributed by atoms with Crippen LogP contribution in [0.25, 0.3) is 0 Å². The van der Waals surface area contributed by atoms with Gasteiger partial charge in [-0.2, -0.15) is 5.10 Å². The van der Waals surface area contributed by atoms with Crippen molar-refractivity contribution in [3.8, 4) is 11.5 Å². The van der Waals surface area contributed by atoms with Gasteiger partial charge in [-0.1, -0.05) is 34.1 Å². The summed E-state index contributed by atoms with van der Waals surface area (Å²) < 4.78 is 39.1. The van der Waals surface area contributed by atoms with Gasteiger partial charge in [0, 0.05) is 21.3 Å². The molecule has 204 valence electrons. The molecule has 0 aromatic heterocycles. The fourth-order valence-corrected chi connectivity index (χ4v) is 4.91. The second kappa shape index (κ2) is 13.0. The van der Waals surface area contributed by atoms with Gasteiger partial charge >= 0.3 is 5.97 Å². The lowest BCUT2D eigenvalue weighted by atomic mass is 10.2. The SMILES string of the molecule is CCOc1ccc(C(=O)Oc2ccc(Br)cc2/C=N\NC(=O)c2ccc(NS(=O)(=O)c3ccccc3)cc2)cc1. The van der Waals surface area contributed by atoms with Gasteiger partial charge in [0.1, 0.15) is 11.5 Å². The van der Waals surface area contributed by atoms with Gasteiger partial charge in [-0.25, -0.2) is 18.6 Å². The van der Waals surface area contributed by atoms with Crippen LogP contribution in [0.5, 0.6) is 11.5 Å². The van der Waals surface area contributed by atoms with Crippen LogP contribution in [0, 0.1) is 0 Å². The minimum absolute atomic E-state index is 0.128. The number of sulfonamides is 1. The minimum Gasteiger partial charge on any atom is -0.494 e. The average Bonchev–Trinajstić information content (AvgIpc) is 2.95. The number of rotatable bonds is 10. The van der Waals surface area contributed by atoms with Crippen LogP contribution in [-0.4, -0.2) is 33.1 Å². The monoisotopic (exact) mass is 621 g/mol. The highest BCUT2D eigenvalue weighted by Crippen LogP contribution is 2.23. The van der Waals surface area contributed by atoms with E-state index in [4.69, 9.17) is 9.47 Å². The molecule has 0 aliphatic carbocycles. The Morgan fingerprint density at radius 3 is 2.25 bits per heavy atom. The predicted molar refractivity (Wildman–Crippen MR) is 155 cm³/mol. The summed E-state index contributed by atoms with van der Waals surface area (Å²) in [6.45, 7) is 2.39. The lowest BCUT2D eigenvalue weighted by Gasteiger charge is -2.09. The summed E-state index contributed by atoms with van der Waals surface area (Å²) in [5.74, 6) is -0.187. The number of nitrogens with one attached hydrogen (secondary N) is 2. The van der Waals surface area contributed by atoms with E-state index in [0.717, 1.165) is 4.47 Å². The van der Waals surface area contributed by atoms with Crippen LogP contribution in [0.2, 0.25) is 0 Å². The number of hydrazone groups is 1. The number of nitrogens with zero attached hydrogens (tertiary/aromatic N) is 1. The van der Waals surface area contributed by atoms with E-state index in [1.165, 1.54) is 42.6 Å². The summed E-state index contributed by atoms with van der Waals surface area (Å²) in [5.41, 5.74) is 3.76. The number of amides is 1. The Balaban J connectivity index is 1.39. The maximum absolute atomic E-state index is 12.7. The fraction of sp³-hybridized carbons (Fsp3) is 0.0690. The van der Waals surface area contributed by atoms with E-state index in [-0.39, 0.29) is 16.2 Å². The molecule has 0 aliphatic heterocycles. The molecule has 0 saturated heterocycles. The van der Waals surface area contributed by atoms with E-state index >= 15 is 0 Å². The topological polar surface area (TPSA) is 123 Å². The number of anilines is 1. The number of benzene rings is 4. The van der Waals surface area contributed by atoms with Crippen LogP contribution in [0.15, 0.2) is 112 Å². The normalized spacial score (nSPS) is 11.2. The first-order chi connectivity index (χ1) is 19.2. The van der Waals surface area contributed by atoms with Crippen molar-refractivity contribution < 1.29 is 27.5 Å². The van der Waals surface area contributed by atoms with E-state index in [0.29, 0.717) is 29.2 Å². The van der Waals surface area contributed by atoms with Crippen LogP contribution < -0.4 is 19.6 Å². The van der Waals surface area contributed by atoms with E-state index in [1.807, 2.05) is 6.92 Å². The Bertz CT molecular complexity index is 1630. The van der Waals surface area contributed by atoms with Gasteiger partial charge in [-0.3, -0.25) is 9.52 Å². The lowest BCUT2D eigenvalue weighted by Crippen LogP contribution is -2.18. The zero-order chi connectivity index (χ0) is 28.5. The van der Waals surface area contributed by atoms with Gasteiger partial charge in [0.25, 0.3) is 15.9 Å². The van der Waals surface area contributed by atoms with Crippen molar-refractivity contribution in [1.82, 2.24) is 5.43 Å². The third-order valence-corrected chi connectivity index (χ3v) is 7.29. The molecule has 1 amide bonds. The predicted octanol–water partition coefficient (Wildman–Crippen LogP) is 5.63. The molecule has 0 spiro atoms. The van der Waals surface area contributed by atoms with Crippen molar-refractivity contribution in [3.63, 3.8) is 0 Å². The maximum Gasteiger partial charge on any atom is 0.343 e. The average molecular weight is 622 g/mol. The van der Waals surface area contributed by atoms with Crippen LogP contribution >= 0.6 is 15.9 Å². The molecule has 0 bridgehead atoms. The third kappa shape index (κ3) is 7.55. The van der Waals surface area contributed by atoms with E-state index in [2.05, 4.69) is 31.2 Å². The smallest absolute Gasteiger partial charge is 0.343 e. The Labute approximate surface area is 240 Å². The second-order valence-corrected chi connectivity index (χ2v) is 10.8. The van der Waals surface area contributed by atoms with Crippen molar-refractivity contribution in [2.45, 2.75) is 11.8 Å². The standard InChI is InChI=1S/C29H24BrN3O6S/c1-2-38-25-15-10-21(11-16-25)29(35)39-27-17-12-23(30)18-22(27)19-31-32-28(34)20-8-13-24(14-9-20)33-40(36,37)26-6-4-3-5-7-26/h3-19,33H,2H2,1H3,(H,32,34)/b31-19-. The Morgan fingerprint density at radius 2 is 1.57 bits per heavy atom. The first-order valence-corrected chi connectivity index (χ1v) is 14.3. The first-order valence-electron chi connectivity index (χ1n) is 12.0. The molecule has 40 heavy (non-hydrogen) atoms. The zero-order valence-electron chi connectivity index (χ0n) is 21.2. The van der Waals surface area contributed by atoms with Crippen molar-refractivity contribution in [1.29, 1.82) is 0 Å². The summed E-state index contributed by atoms with van der Waals surface area (Å²) in [7, 11) is -3.75. The van der Waals surface area contributed by atoms with Crippen LogP contribution in [0.3, 0.4) is 0 Å². The number of hydrogen-bond donors (Lipinski definition) is 2. The van der Waals surface area contributed by atoms with Crippen LogP contribution in [0.4, 0.5) is 5.69 Å². The van der Waals surface area contributed by atoms with E-state index < -0.39 is 21.9 Å². The molecule has 0 fully saturated rings. The van der Waals surface area contributed by atoms with Gasteiger partial charge in [-0.15, -0.1) is 0 Å². The molecular formula is C29H24BrN3O6S. The largest absolute Gasteiger partial charge is 0.494 e. The van der Waals surface area contributed by atoms with Gasteiger partial charge in [0.05, 0.1) is 23.3 Å². The number of carbonyl (C=O) groups excluding carboxylic acids is 2. The number of halogens is 1. The molecule has 0 heterocycles. The van der Waals surface area contributed by atoms with Crippen molar-refractivity contribution in [2.75, 3.05) is 11.3 Å². The maximum atomic E-state index is 12.7. The molecule has 4 aromatic rings. The van der Waals surface area contributed by atoms with Crippen molar-refractivity contribution in [3.05, 3.63) is 118 Å². The molecule has 0 radical (unpaired) electrons. The van der Waals surface area contributed by atoms with Crippen molar-refractivity contribution in [2.24, 2.45) is 5.10 Å². The van der Waals surface area contributed by atoms with Gasteiger partial charge in [0.2, 0.25) is 0 Å². The minimum atomic E-state index is -3.75. The summed E-state index contributed by atoms with van der Waals surface area (Å²) in [5, 5.41) is 3.99. The van der Waals surface area contributed by atoms with E-state index in [1.54, 1.807) is 60.7 Å². The molecule has 0 saturated carbocycles. The molecule has 4 rings (SSSR count). The van der Waals surface area contributed by atoms with Gasteiger partial charge < -0.3 is 9.47 Å². The summed E-state index contributed by atoms with van der Waals surface area (Å²) in [6.07, 6.45) is 1.35. The highest BCUT2D eigenvalue weighted by Gasteiger charge is 2.15. The third-order valence-electron chi connectivity index (χ3n) is 5.40. The van der Waals surface area contributed by atoms with Gasteiger partial charge in [-0.05, 0) is 85.8 Å². The van der Waals surface area contributed by atoms with Crippen molar-refractivity contribution >= 4 is 49.7 Å². The Morgan fingerprint density at radius 1 is 0.900 bits per heavy atom. The van der Waals surface area contributed by atoms with Crippen LogP contribution in [0.1, 0.15) is 33.2 Å². The Hall–Kier alpha value is -4.48. The fourth-order valence-electron chi connectivity index (χ4n) is 3.45. The first kappa shape index (κ1) is 28.5. The van der Waals surface area contributed by atoms with E-state index in [9.17, 15) is 18.0 Å². The van der Waals surface area contributed by atoms with Crippen LogP contribution in [-0.2, 0) is 10.0 Å². The lowest BCUT2D eigenvalue weighted by molar-refractivity contribution is 0.0734. The highest BCUT2D eigenvalue weighted by atomic mass is 79.9. The molecule has 0 unspecified atom stereocenters. The second-order valence-electron chi connectivity index (χ2n) is 8.22. The summed E-state index contributed by atoms with van der Waals surface area (Å²) in [6, 6.07) is 25.4. The number of ether oxygens (including phenoxy) is 2. The summed E-state index contributed by atoms with van der Waals surface area (Å²) >= 11 is 3.38. The number of carbonyl (C=O) groups is 2. The molecule has 4 aromatic carbocycles. The molecule has 11 heteroatoms. The Kier molecular flexibility index (Phi) is 9.31. The highest BCUT2D eigenvalue weighted by molar-refractivity contribution is 9.10. The van der Waals surface area contributed by atoms with Gasteiger partial charge in [0.15, 0.2) is 0 Å². The zero-order valence-corrected chi connectivity index (χ0v) is 23.6. The molecular weight excluding hydrogens is 598 g/mol. The molecule has 2 N–H and O–H groups in total. The summed E-state index contributed by atoms with van der Waals surface area (Å²) in [4.78, 5) is 25.4. The quantitative estimate of drug-likeness (QED) is 0.102. The number of esters is 1. The molecule has 0 atom stereocenters. The molecule has 0 aliphatic rings. The molecule has 9 nitrogen and oxygen atoms in total.